The van der Waals surface area contributed by atoms with Gasteiger partial charge in [-0.25, -0.2) is 0 Å². The molecule has 0 aliphatic heterocycles. The van der Waals surface area contributed by atoms with Gasteiger partial charge < -0.3 is 5.11 Å². The molecule has 2 unspecified atom stereocenters. The Bertz CT molecular complexity index is 598. The van der Waals surface area contributed by atoms with Crippen LogP contribution in [0.25, 0.3) is 10.8 Å². The Hall–Kier alpha value is -1.83. The maximum atomic E-state index is 11.3. The van der Waals surface area contributed by atoms with Crippen molar-refractivity contribution in [2.45, 2.75) is 25.7 Å². The first-order valence-electron chi connectivity index (χ1n) is 6.95. The van der Waals surface area contributed by atoms with Crippen molar-refractivity contribution in [3.05, 3.63) is 48.0 Å². The molecule has 19 heavy (non-hydrogen) atoms. The van der Waals surface area contributed by atoms with Crippen LogP contribution in [0.15, 0.2) is 42.5 Å². The van der Waals surface area contributed by atoms with E-state index >= 15 is 0 Å². The summed E-state index contributed by atoms with van der Waals surface area (Å²) in [7, 11) is 0. The first-order valence-corrected chi connectivity index (χ1v) is 6.95. The van der Waals surface area contributed by atoms with Crippen molar-refractivity contribution in [3.8, 4) is 0 Å². The number of hydrogen-bond acceptors (Lipinski definition) is 1. The molecule has 2 aromatic carbocycles. The molecule has 98 valence electrons. The second-order valence-corrected chi connectivity index (χ2v) is 5.48. The molecule has 0 aromatic heterocycles. The summed E-state index contributed by atoms with van der Waals surface area (Å²) in [5.74, 6) is -0.481. The zero-order valence-electron chi connectivity index (χ0n) is 10.9. The predicted octanol–water partition coefficient (Wildman–Crippen LogP) is 3.88. The Morgan fingerprint density at radius 3 is 2.74 bits per heavy atom. The van der Waals surface area contributed by atoms with Crippen LogP contribution in [-0.2, 0) is 11.2 Å². The van der Waals surface area contributed by atoms with Gasteiger partial charge in [0.05, 0.1) is 5.92 Å². The number of carbonyl (C=O) groups is 1. The van der Waals surface area contributed by atoms with Crippen LogP contribution in [0.3, 0.4) is 0 Å². The summed E-state index contributed by atoms with van der Waals surface area (Å²) >= 11 is 0. The highest BCUT2D eigenvalue weighted by molar-refractivity contribution is 5.85. The summed E-state index contributed by atoms with van der Waals surface area (Å²) < 4.78 is 0. The molecule has 2 heteroatoms. The molecule has 0 amide bonds. The van der Waals surface area contributed by atoms with E-state index in [1.54, 1.807) is 0 Å². The van der Waals surface area contributed by atoms with E-state index in [2.05, 4.69) is 36.4 Å². The molecule has 3 rings (SSSR count). The van der Waals surface area contributed by atoms with Gasteiger partial charge in [-0.15, -0.1) is 0 Å². The van der Waals surface area contributed by atoms with Crippen LogP contribution in [0, 0.1) is 11.8 Å². The van der Waals surface area contributed by atoms with Gasteiger partial charge in [-0.2, -0.15) is 0 Å². The van der Waals surface area contributed by atoms with Gasteiger partial charge in [-0.3, -0.25) is 4.79 Å². The lowest BCUT2D eigenvalue weighted by molar-refractivity contribution is -0.142. The maximum Gasteiger partial charge on any atom is 0.306 e. The largest absolute Gasteiger partial charge is 0.481 e. The molecule has 0 radical (unpaired) electrons. The minimum absolute atomic E-state index is 0.154. The highest BCUT2D eigenvalue weighted by Gasteiger charge is 2.32. The zero-order chi connectivity index (χ0) is 13.2. The van der Waals surface area contributed by atoms with Crippen LogP contribution in [0.2, 0.25) is 0 Å². The summed E-state index contributed by atoms with van der Waals surface area (Å²) in [5.41, 5.74) is 1.29. The van der Waals surface area contributed by atoms with Crippen molar-refractivity contribution in [1.29, 1.82) is 0 Å². The van der Waals surface area contributed by atoms with Gasteiger partial charge in [0.2, 0.25) is 0 Å². The average molecular weight is 254 g/mol. The summed E-state index contributed by atoms with van der Waals surface area (Å²) in [6, 6.07) is 14.7. The van der Waals surface area contributed by atoms with E-state index in [0.29, 0.717) is 5.92 Å². The van der Waals surface area contributed by atoms with Gasteiger partial charge in [0, 0.05) is 0 Å². The van der Waals surface area contributed by atoms with Crippen molar-refractivity contribution in [2.75, 3.05) is 0 Å². The number of aliphatic carboxylic acids is 1. The molecule has 1 aliphatic rings. The maximum absolute atomic E-state index is 11.3. The van der Waals surface area contributed by atoms with E-state index < -0.39 is 5.97 Å². The lowest BCUT2D eigenvalue weighted by Crippen LogP contribution is -2.20. The minimum Gasteiger partial charge on any atom is -0.481 e. The Balaban J connectivity index is 1.91. The molecule has 2 nitrogen and oxygen atoms in total. The standard InChI is InChI=1S/C17H18O2/c18-17(19)16-10-4-8-14(16)11-13-7-3-6-12-5-1-2-9-15(12)13/h1-3,5-7,9,14,16H,4,8,10-11H2,(H,18,19). The smallest absolute Gasteiger partial charge is 0.306 e. The van der Waals surface area contributed by atoms with Crippen LogP contribution < -0.4 is 0 Å². The second-order valence-electron chi connectivity index (χ2n) is 5.48. The average Bonchev–Trinajstić information content (AvgIpc) is 2.87. The Kier molecular flexibility index (Phi) is 3.24. The molecule has 1 N–H and O–H groups in total. The van der Waals surface area contributed by atoms with Crippen molar-refractivity contribution in [1.82, 2.24) is 0 Å². The van der Waals surface area contributed by atoms with Gasteiger partial charge in [0.1, 0.15) is 0 Å². The molecule has 0 bridgehead atoms. The van der Waals surface area contributed by atoms with Crippen LogP contribution in [-0.4, -0.2) is 11.1 Å². The van der Waals surface area contributed by atoms with E-state index in [1.165, 1.54) is 16.3 Å². The second kappa shape index (κ2) is 5.04. The summed E-state index contributed by atoms with van der Waals surface area (Å²) in [6.45, 7) is 0. The molecule has 1 fully saturated rings. The monoisotopic (exact) mass is 254 g/mol. The fraction of sp³-hybridized carbons (Fsp3) is 0.353. The molecular formula is C17H18O2. The summed E-state index contributed by atoms with van der Waals surface area (Å²) in [5, 5.41) is 11.8. The predicted molar refractivity (Wildman–Crippen MR) is 76.1 cm³/mol. The molecule has 0 saturated heterocycles. The van der Waals surface area contributed by atoms with Crippen molar-refractivity contribution in [3.63, 3.8) is 0 Å². The molecule has 2 aromatic rings. The van der Waals surface area contributed by atoms with E-state index in [1.807, 2.05) is 6.07 Å². The molecule has 0 heterocycles. The highest BCUT2D eigenvalue weighted by Crippen LogP contribution is 2.35. The lowest BCUT2D eigenvalue weighted by atomic mass is 9.88. The number of benzene rings is 2. The van der Waals surface area contributed by atoms with E-state index in [-0.39, 0.29) is 5.92 Å². The Labute approximate surface area is 113 Å². The Morgan fingerprint density at radius 2 is 1.89 bits per heavy atom. The third kappa shape index (κ3) is 2.35. The van der Waals surface area contributed by atoms with Crippen LogP contribution >= 0.6 is 0 Å². The zero-order valence-corrected chi connectivity index (χ0v) is 10.9. The first kappa shape index (κ1) is 12.2. The molecule has 2 atom stereocenters. The van der Waals surface area contributed by atoms with Crippen LogP contribution in [0.4, 0.5) is 0 Å². The van der Waals surface area contributed by atoms with E-state index in [9.17, 15) is 9.90 Å². The topological polar surface area (TPSA) is 37.3 Å². The van der Waals surface area contributed by atoms with Crippen molar-refractivity contribution < 1.29 is 9.90 Å². The number of carboxylic acid groups (broad SMARTS) is 1. The van der Waals surface area contributed by atoms with E-state index in [4.69, 9.17) is 0 Å². The van der Waals surface area contributed by atoms with Gasteiger partial charge >= 0.3 is 5.97 Å². The summed E-state index contributed by atoms with van der Waals surface area (Å²) in [6.07, 6.45) is 3.82. The SMILES string of the molecule is O=C(O)C1CCCC1Cc1cccc2ccccc12. The van der Waals surface area contributed by atoms with Crippen LogP contribution in [0.1, 0.15) is 24.8 Å². The number of carboxylic acids is 1. The quantitative estimate of drug-likeness (QED) is 0.902. The third-order valence-electron chi connectivity index (χ3n) is 4.34. The Morgan fingerprint density at radius 1 is 1.11 bits per heavy atom. The molecule has 1 aliphatic carbocycles. The molecular weight excluding hydrogens is 236 g/mol. The van der Waals surface area contributed by atoms with Crippen molar-refractivity contribution in [2.24, 2.45) is 11.8 Å². The summed E-state index contributed by atoms with van der Waals surface area (Å²) in [4.78, 5) is 11.3. The lowest BCUT2D eigenvalue weighted by Gasteiger charge is -2.16. The number of fused-ring (bicyclic) bond motifs is 1. The highest BCUT2D eigenvalue weighted by atomic mass is 16.4. The first-order chi connectivity index (χ1) is 9.25. The number of rotatable bonds is 3. The van der Waals surface area contributed by atoms with Gasteiger partial charge in [0.25, 0.3) is 0 Å². The fourth-order valence-corrected chi connectivity index (χ4v) is 3.36. The van der Waals surface area contributed by atoms with Crippen LogP contribution in [0.5, 0.6) is 0 Å². The number of hydrogen-bond donors (Lipinski definition) is 1. The van der Waals surface area contributed by atoms with Gasteiger partial charge in [-0.05, 0) is 41.5 Å². The fourth-order valence-electron chi connectivity index (χ4n) is 3.36. The van der Waals surface area contributed by atoms with E-state index in [0.717, 1.165) is 25.7 Å². The molecule has 1 saturated carbocycles. The van der Waals surface area contributed by atoms with Crippen molar-refractivity contribution >= 4 is 16.7 Å². The molecule has 0 spiro atoms. The third-order valence-corrected chi connectivity index (χ3v) is 4.34. The van der Waals surface area contributed by atoms with Gasteiger partial charge in [0.15, 0.2) is 0 Å². The minimum atomic E-state index is -0.622. The normalized spacial score (nSPS) is 22.7. The van der Waals surface area contributed by atoms with Gasteiger partial charge in [-0.1, -0.05) is 48.9 Å².